The Morgan fingerprint density at radius 2 is 1.77 bits per heavy atom. The van der Waals surface area contributed by atoms with Gasteiger partial charge in [0.2, 0.25) is 0 Å². The van der Waals surface area contributed by atoms with Crippen molar-refractivity contribution < 1.29 is 0 Å². The zero-order valence-electron chi connectivity index (χ0n) is 14.5. The van der Waals surface area contributed by atoms with Crippen LogP contribution in [0.5, 0.6) is 0 Å². The van der Waals surface area contributed by atoms with Gasteiger partial charge in [-0.25, -0.2) is 9.38 Å². The minimum atomic E-state index is 0.00341. The van der Waals surface area contributed by atoms with Crippen LogP contribution in [0.4, 0.5) is 0 Å². The van der Waals surface area contributed by atoms with Gasteiger partial charge in [0.15, 0.2) is 4.96 Å². The van der Waals surface area contributed by atoms with E-state index in [1.54, 1.807) is 4.40 Å². The van der Waals surface area contributed by atoms with Crippen LogP contribution < -0.4 is 10.1 Å². The first-order valence-corrected chi connectivity index (χ1v) is 9.35. The van der Waals surface area contributed by atoms with Crippen LogP contribution in [0.3, 0.4) is 0 Å². The molecule has 2 heterocycles. The lowest BCUT2D eigenvalue weighted by molar-refractivity contribution is 1.18. The van der Waals surface area contributed by atoms with E-state index in [4.69, 9.17) is 0 Å². The third kappa shape index (κ3) is 2.19. The lowest BCUT2D eigenvalue weighted by Gasteiger charge is -2.00. The number of benzene rings is 3. The Bertz CT molecular complexity index is 1420. The standard InChI is InChI=1S/C22H16N2OS/c1-13-10-18-19(11-14(13)2)24-21(25)20(26-22(24)23-18)12-16-8-5-7-15-6-3-4-9-17(15)16/h3-12H,1-2H3/b20-12+. The molecule has 0 aliphatic heterocycles. The van der Waals surface area contributed by atoms with Gasteiger partial charge in [-0.1, -0.05) is 53.8 Å². The largest absolute Gasteiger partial charge is 0.274 e. The molecule has 126 valence electrons. The quantitative estimate of drug-likeness (QED) is 0.450. The van der Waals surface area contributed by atoms with E-state index in [2.05, 4.69) is 55.2 Å². The molecule has 5 aromatic rings. The van der Waals surface area contributed by atoms with Crippen LogP contribution >= 0.6 is 11.3 Å². The molecule has 0 amide bonds. The summed E-state index contributed by atoms with van der Waals surface area (Å²) in [5.41, 5.74) is 5.20. The number of imidazole rings is 1. The number of hydrogen-bond acceptors (Lipinski definition) is 3. The average molecular weight is 356 g/mol. The van der Waals surface area contributed by atoms with Gasteiger partial charge in [0.25, 0.3) is 5.56 Å². The summed E-state index contributed by atoms with van der Waals surface area (Å²) in [6.45, 7) is 4.13. The molecule has 3 nitrogen and oxygen atoms in total. The van der Waals surface area contributed by atoms with E-state index in [0.29, 0.717) is 4.53 Å². The van der Waals surface area contributed by atoms with Crippen LogP contribution in [0, 0.1) is 13.8 Å². The van der Waals surface area contributed by atoms with Gasteiger partial charge in [-0.2, -0.15) is 0 Å². The number of aryl methyl sites for hydroxylation is 2. The number of nitrogens with zero attached hydrogens (tertiary/aromatic N) is 2. The van der Waals surface area contributed by atoms with Crippen molar-refractivity contribution >= 4 is 44.2 Å². The first-order valence-electron chi connectivity index (χ1n) is 8.53. The van der Waals surface area contributed by atoms with Crippen molar-refractivity contribution in [3.63, 3.8) is 0 Å². The average Bonchev–Trinajstić information content (AvgIpc) is 3.12. The number of fused-ring (bicyclic) bond motifs is 4. The van der Waals surface area contributed by atoms with Gasteiger partial charge < -0.3 is 0 Å². The Balaban J connectivity index is 1.82. The van der Waals surface area contributed by atoms with Crippen molar-refractivity contribution in [3.8, 4) is 0 Å². The summed E-state index contributed by atoms with van der Waals surface area (Å²) in [6, 6.07) is 18.5. The second-order valence-electron chi connectivity index (χ2n) is 6.64. The molecule has 0 bridgehead atoms. The van der Waals surface area contributed by atoms with Gasteiger partial charge in [0, 0.05) is 0 Å². The molecule has 0 unspecified atom stereocenters. The normalized spacial score (nSPS) is 12.6. The first kappa shape index (κ1) is 15.3. The maximum absolute atomic E-state index is 13.0. The van der Waals surface area contributed by atoms with Crippen molar-refractivity contribution in [2.75, 3.05) is 0 Å². The summed E-state index contributed by atoms with van der Waals surface area (Å²) in [4.78, 5) is 18.5. The zero-order valence-corrected chi connectivity index (χ0v) is 15.3. The summed E-state index contributed by atoms with van der Waals surface area (Å²) < 4.78 is 2.45. The topological polar surface area (TPSA) is 34.4 Å². The smallest absolute Gasteiger partial charge is 0.267 e. The molecule has 5 rings (SSSR count). The monoisotopic (exact) mass is 356 g/mol. The van der Waals surface area contributed by atoms with Crippen molar-refractivity contribution in [2.45, 2.75) is 13.8 Å². The van der Waals surface area contributed by atoms with Gasteiger partial charge in [-0.05, 0) is 59.5 Å². The van der Waals surface area contributed by atoms with E-state index in [9.17, 15) is 4.79 Å². The van der Waals surface area contributed by atoms with E-state index >= 15 is 0 Å². The Labute approximate surface area is 153 Å². The molecule has 0 radical (unpaired) electrons. The molecule has 2 aromatic heterocycles. The van der Waals surface area contributed by atoms with Gasteiger partial charge in [-0.15, -0.1) is 0 Å². The molecule has 0 N–H and O–H groups in total. The minimum Gasteiger partial charge on any atom is -0.267 e. The first-order chi connectivity index (χ1) is 12.6. The highest BCUT2D eigenvalue weighted by Gasteiger charge is 2.12. The second kappa shape index (κ2) is 5.51. The summed E-state index contributed by atoms with van der Waals surface area (Å²) in [5.74, 6) is 0. The highest BCUT2D eigenvalue weighted by atomic mass is 32.1. The number of rotatable bonds is 1. The van der Waals surface area contributed by atoms with Crippen molar-refractivity contribution in [3.05, 3.63) is 86.2 Å². The third-order valence-electron chi connectivity index (χ3n) is 4.96. The maximum Gasteiger partial charge on any atom is 0.274 e. The Hall–Kier alpha value is -2.98. The van der Waals surface area contributed by atoms with E-state index < -0.39 is 0 Å². The lowest BCUT2D eigenvalue weighted by atomic mass is 10.0. The van der Waals surface area contributed by atoms with Gasteiger partial charge in [-0.3, -0.25) is 4.79 Å². The molecular weight excluding hydrogens is 340 g/mol. The van der Waals surface area contributed by atoms with Crippen LogP contribution in [0.15, 0.2) is 59.4 Å². The number of thiazole rings is 1. The van der Waals surface area contributed by atoms with Gasteiger partial charge in [0.05, 0.1) is 15.6 Å². The molecule has 0 spiro atoms. The predicted octanol–water partition coefficient (Wildman–Crippen LogP) is 4.23. The highest BCUT2D eigenvalue weighted by Crippen LogP contribution is 2.22. The predicted molar refractivity (Wildman–Crippen MR) is 109 cm³/mol. The molecule has 4 heteroatoms. The van der Waals surface area contributed by atoms with E-state index in [1.165, 1.54) is 27.8 Å². The number of hydrogen-bond donors (Lipinski definition) is 0. The molecule has 0 saturated heterocycles. The van der Waals surface area contributed by atoms with Crippen LogP contribution in [0.1, 0.15) is 16.7 Å². The fraction of sp³-hybridized carbons (Fsp3) is 0.0909. The number of aromatic nitrogens is 2. The zero-order chi connectivity index (χ0) is 17.8. The van der Waals surface area contributed by atoms with Crippen LogP contribution in [0.2, 0.25) is 0 Å². The maximum atomic E-state index is 13.0. The fourth-order valence-corrected chi connectivity index (χ4v) is 4.41. The molecule has 0 saturated carbocycles. The highest BCUT2D eigenvalue weighted by molar-refractivity contribution is 7.15. The van der Waals surface area contributed by atoms with Crippen molar-refractivity contribution in [2.24, 2.45) is 0 Å². The van der Waals surface area contributed by atoms with Crippen LogP contribution in [0.25, 0.3) is 32.8 Å². The summed E-state index contributed by atoms with van der Waals surface area (Å²) in [6.07, 6.45) is 1.98. The van der Waals surface area contributed by atoms with E-state index in [1.807, 2.05) is 24.3 Å². The molecule has 26 heavy (non-hydrogen) atoms. The minimum absolute atomic E-state index is 0.00341. The molecule has 3 aromatic carbocycles. The van der Waals surface area contributed by atoms with Crippen LogP contribution in [-0.4, -0.2) is 9.38 Å². The van der Waals surface area contributed by atoms with Crippen molar-refractivity contribution in [1.29, 1.82) is 0 Å². The van der Waals surface area contributed by atoms with E-state index in [-0.39, 0.29) is 5.56 Å². The van der Waals surface area contributed by atoms with Gasteiger partial charge >= 0.3 is 0 Å². The molecular formula is C22H16N2OS. The molecule has 0 atom stereocenters. The lowest BCUT2D eigenvalue weighted by Crippen LogP contribution is -2.22. The summed E-state index contributed by atoms with van der Waals surface area (Å²) >= 11 is 1.45. The summed E-state index contributed by atoms with van der Waals surface area (Å²) in [5, 5.41) is 2.32. The van der Waals surface area contributed by atoms with Crippen molar-refractivity contribution in [1.82, 2.24) is 9.38 Å². The fourth-order valence-electron chi connectivity index (χ4n) is 3.44. The Morgan fingerprint density at radius 3 is 2.65 bits per heavy atom. The molecule has 0 aliphatic carbocycles. The van der Waals surface area contributed by atoms with E-state index in [0.717, 1.165) is 26.9 Å². The Kier molecular flexibility index (Phi) is 3.24. The second-order valence-corrected chi connectivity index (χ2v) is 7.65. The molecule has 0 aliphatic rings. The van der Waals surface area contributed by atoms with Gasteiger partial charge in [0.1, 0.15) is 0 Å². The third-order valence-corrected chi connectivity index (χ3v) is 5.93. The SMILES string of the molecule is Cc1cc2nc3s/c(=C/c4cccc5ccccc45)c(=O)n3c2cc1C. The summed E-state index contributed by atoms with van der Waals surface area (Å²) in [7, 11) is 0. The van der Waals surface area contributed by atoms with Crippen LogP contribution in [-0.2, 0) is 0 Å². The molecule has 0 fully saturated rings. The Morgan fingerprint density at radius 1 is 1.00 bits per heavy atom.